The van der Waals surface area contributed by atoms with E-state index in [2.05, 4.69) is 22.5 Å². The molecule has 0 aliphatic heterocycles. The quantitative estimate of drug-likeness (QED) is 0.811. The highest BCUT2D eigenvalue weighted by atomic mass is 35.5. The zero-order chi connectivity index (χ0) is 15.1. The van der Waals surface area contributed by atoms with Gasteiger partial charge in [0.2, 0.25) is 5.91 Å². The van der Waals surface area contributed by atoms with Gasteiger partial charge in [-0.05, 0) is 12.5 Å². The summed E-state index contributed by atoms with van der Waals surface area (Å²) >= 11 is 12.1. The largest absolute Gasteiger partial charge is 0.369 e. The summed E-state index contributed by atoms with van der Waals surface area (Å²) in [6.45, 7) is 3.31. The van der Waals surface area contributed by atoms with E-state index in [0.717, 1.165) is 13.0 Å². The van der Waals surface area contributed by atoms with Crippen molar-refractivity contribution in [2.45, 2.75) is 19.8 Å². The molecule has 1 rings (SSSR count). The minimum atomic E-state index is 0.0481. The van der Waals surface area contributed by atoms with Gasteiger partial charge in [-0.3, -0.25) is 4.79 Å². The van der Waals surface area contributed by atoms with Crippen LogP contribution >= 0.6 is 23.2 Å². The van der Waals surface area contributed by atoms with Crippen LogP contribution < -0.4 is 10.6 Å². The number of nitrogens with one attached hydrogen (secondary N) is 2. The van der Waals surface area contributed by atoms with Gasteiger partial charge in [-0.25, -0.2) is 4.98 Å². The van der Waals surface area contributed by atoms with Gasteiger partial charge in [0.15, 0.2) is 0 Å². The number of hydrogen-bond acceptors (Lipinski definition) is 4. The molecule has 0 fully saturated rings. The molecule has 2 N–H and O–H groups in total. The van der Waals surface area contributed by atoms with Gasteiger partial charge < -0.3 is 15.5 Å². The standard InChI is InChI=1S/C13H20Cl2N4O/c1-4-6-16-12-9(14)8-10(15)13(18-12)17-7-5-11(20)19(2)3/h8H,4-7H2,1-3H3,(H2,16,17,18). The van der Waals surface area contributed by atoms with E-state index in [1.54, 1.807) is 25.1 Å². The summed E-state index contributed by atoms with van der Waals surface area (Å²) in [5, 5.41) is 7.11. The Kier molecular flexibility index (Phi) is 6.88. The van der Waals surface area contributed by atoms with E-state index in [1.807, 2.05) is 0 Å². The summed E-state index contributed by atoms with van der Waals surface area (Å²) in [6.07, 6.45) is 1.35. The first-order valence-corrected chi connectivity index (χ1v) is 7.25. The van der Waals surface area contributed by atoms with Crippen LogP contribution in [0.25, 0.3) is 0 Å². The molecule has 112 valence electrons. The van der Waals surface area contributed by atoms with Gasteiger partial charge in [0.1, 0.15) is 11.6 Å². The Morgan fingerprint density at radius 2 is 1.75 bits per heavy atom. The molecular formula is C13H20Cl2N4O. The minimum Gasteiger partial charge on any atom is -0.369 e. The van der Waals surface area contributed by atoms with E-state index >= 15 is 0 Å². The molecule has 5 nitrogen and oxygen atoms in total. The van der Waals surface area contributed by atoms with Gasteiger partial charge in [-0.15, -0.1) is 0 Å². The van der Waals surface area contributed by atoms with E-state index < -0.39 is 0 Å². The lowest BCUT2D eigenvalue weighted by molar-refractivity contribution is -0.128. The van der Waals surface area contributed by atoms with Crippen molar-refractivity contribution in [3.05, 3.63) is 16.1 Å². The Morgan fingerprint density at radius 3 is 2.25 bits per heavy atom. The third kappa shape index (κ3) is 5.06. The van der Waals surface area contributed by atoms with Crippen molar-refractivity contribution >= 4 is 40.7 Å². The molecule has 0 saturated carbocycles. The van der Waals surface area contributed by atoms with E-state index in [-0.39, 0.29) is 5.91 Å². The number of carbonyl (C=O) groups is 1. The summed E-state index contributed by atoms with van der Waals surface area (Å²) in [6, 6.07) is 1.64. The molecule has 1 aromatic rings. The second-order valence-electron chi connectivity index (χ2n) is 4.54. The van der Waals surface area contributed by atoms with E-state index in [0.29, 0.717) is 34.6 Å². The van der Waals surface area contributed by atoms with Crippen LogP contribution in [-0.4, -0.2) is 43.0 Å². The maximum absolute atomic E-state index is 11.5. The zero-order valence-corrected chi connectivity index (χ0v) is 13.5. The van der Waals surface area contributed by atoms with Crippen LogP contribution in [0.15, 0.2) is 6.07 Å². The highest BCUT2D eigenvalue weighted by Gasteiger charge is 2.10. The molecule has 1 amide bonds. The third-order valence-corrected chi connectivity index (χ3v) is 3.18. The summed E-state index contributed by atoms with van der Waals surface area (Å²) in [4.78, 5) is 17.4. The lowest BCUT2D eigenvalue weighted by atomic mass is 10.3. The number of hydrogen-bond donors (Lipinski definition) is 2. The minimum absolute atomic E-state index is 0.0481. The van der Waals surface area contributed by atoms with Gasteiger partial charge in [0.05, 0.1) is 10.0 Å². The SMILES string of the molecule is CCCNc1nc(NCCC(=O)N(C)C)c(Cl)cc1Cl. The number of nitrogens with zero attached hydrogens (tertiary/aromatic N) is 2. The highest BCUT2D eigenvalue weighted by Crippen LogP contribution is 2.29. The van der Waals surface area contributed by atoms with Crippen LogP contribution in [0.5, 0.6) is 0 Å². The van der Waals surface area contributed by atoms with Crippen molar-refractivity contribution in [1.29, 1.82) is 0 Å². The Labute approximate surface area is 129 Å². The van der Waals surface area contributed by atoms with Gasteiger partial charge in [0.25, 0.3) is 0 Å². The lowest BCUT2D eigenvalue weighted by Crippen LogP contribution is -2.24. The zero-order valence-electron chi connectivity index (χ0n) is 12.0. The molecule has 0 aliphatic carbocycles. The molecule has 0 atom stereocenters. The Morgan fingerprint density at radius 1 is 1.20 bits per heavy atom. The highest BCUT2D eigenvalue weighted by molar-refractivity contribution is 6.37. The Balaban J connectivity index is 2.67. The van der Waals surface area contributed by atoms with Crippen molar-refractivity contribution in [2.24, 2.45) is 0 Å². The predicted molar refractivity (Wildman–Crippen MR) is 84.8 cm³/mol. The molecule has 0 aromatic carbocycles. The summed E-state index contributed by atoms with van der Waals surface area (Å²) < 4.78 is 0. The van der Waals surface area contributed by atoms with E-state index in [9.17, 15) is 4.79 Å². The average Bonchev–Trinajstić information content (AvgIpc) is 2.39. The fourth-order valence-electron chi connectivity index (χ4n) is 1.47. The fraction of sp³-hybridized carbons (Fsp3) is 0.538. The van der Waals surface area contributed by atoms with Gasteiger partial charge in [0, 0.05) is 33.6 Å². The average molecular weight is 319 g/mol. The summed E-state index contributed by atoms with van der Waals surface area (Å²) in [5.74, 6) is 1.17. The fourth-order valence-corrected chi connectivity index (χ4v) is 1.96. The number of halogens is 2. The first-order chi connectivity index (χ1) is 9.45. The molecule has 0 radical (unpaired) electrons. The van der Waals surface area contributed by atoms with Gasteiger partial charge in [-0.1, -0.05) is 30.1 Å². The maximum Gasteiger partial charge on any atom is 0.223 e. The number of carbonyl (C=O) groups excluding carboxylic acids is 1. The van der Waals surface area contributed by atoms with Crippen LogP contribution in [0.4, 0.5) is 11.6 Å². The predicted octanol–water partition coefficient (Wildman–Crippen LogP) is 3.10. The number of rotatable bonds is 7. The monoisotopic (exact) mass is 318 g/mol. The Hall–Kier alpha value is -1.20. The molecular weight excluding hydrogens is 299 g/mol. The molecule has 0 aliphatic rings. The molecule has 0 bridgehead atoms. The first kappa shape index (κ1) is 16.9. The molecule has 1 heterocycles. The number of anilines is 2. The number of pyridine rings is 1. The van der Waals surface area contributed by atoms with E-state index in [1.165, 1.54) is 0 Å². The molecule has 7 heteroatoms. The smallest absolute Gasteiger partial charge is 0.223 e. The first-order valence-electron chi connectivity index (χ1n) is 6.49. The van der Waals surface area contributed by atoms with Crippen molar-refractivity contribution < 1.29 is 4.79 Å². The number of aromatic nitrogens is 1. The van der Waals surface area contributed by atoms with Crippen LogP contribution in [0.1, 0.15) is 19.8 Å². The van der Waals surface area contributed by atoms with Crippen molar-refractivity contribution in [1.82, 2.24) is 9.88 Å². The van der Waals surface area contributed by atoms with E-state index in [4.69, 9.17) is 23.2 Å². The van der Waals surface area contributed by atoms with Crippen LogP contribution in [-0.2, 0) is 4.79 Å². The maximum atomic E-state index is 11.5. The van der Waals surface area contributed by atoms with Crippen LogP contribution in [0.3, 0.4) is 0 Å². The lowest BCUT2D eigenvalue weighted by Gasteiger charge is -2.13. The normalized spacial score (nSPS) is 10.2. The second-order valence-corrected chi connectivity index (χ2v) is 5.36. The number of amides is 1. The molecule has 0 unspecified atom stereocenters. The molecule has 20 heavy (non-hydrogen) atoms. The Bertz CT molecular complexity index is 466. The topological polar surface area (TPSA) is 57.3 Å². The third-order valence-electron chi connectivity index (χ3n) is 2.60. The summed E-state index contributed by atoms with van der Waals surface area (Å²) in [5.41, 5.74) is 0. The van der Waals surface area contributed by atoms with Crippen LogP contribution in [0.2, 0.25) is 10.0 Å². The van der Waals surface area contributed by atoms with Crippen LogP contribution in [0, 0.1) is 0 Å². The van der Waals surface area contributed by atoms with Gasteiger partial charge in [-0.2, -0.15) is 0 Å². The van der Waals surface area contributed by atoms with Gasteiger partial charge >= 0.3 is 0 Å². The molecule has 1 aromatic heterocycles. The molecule has 0 spiro atoms. The van der Waals surface area contributed by atoms with Crippen molar-refractivity contribution in [2.75, 3.05) is 37.8 Å². The van der Waals surface area contributed by atoms with Crippen molar-refractivity contribution in [3.63, 3.8) is 0 Å². The van der Waals surface area contributed by atoms with Crippen molar-refractivity contribution in [3.8, 4) is 0 Å². The molecule has 0 saturated heterocycles. The second kappa shape index (κ2) is 8.17. The summed E-state index contributed by atoms with van der Waals surface area (Å²) in [7, 11) is 3.45.